The van der Waals surface area contributed by atoms with Crippen LogP contribution in [0.2, 0.25) is 0 Å². The number of halogens is 17. The number of aromatic nitrogens is 3. The van der Waals surface area contributed by atoms with Crippen molar-refractivity contribution in [1.82, 2.24) is 14.9 Å². The normalized spacial score (nSPS) is 15.5. The largest absolute Gasteiger partial charge is 0.460 e. The molecule has 1 aromatic heterocycles. The van der Waals surface area contributed by atoms with Crippen molar-refractivity contribution in [2.75, 3.05) is 5.43 Å². The quantitative estimate of drug-likeness (QED) is 0.509. The molecule has 0 saturated heterocycles. The Kier molecular flexibility index (Phi) is 6.44. The van der Waals surface area contributed by atoms with Crippen LogP contribution in [0, 0.1) is 0 Å². The summed E-state index contributed by atoms with van der Waals surface area (Å²) in [6.45, 7) is 0. The van der Waals surface area contributed by atoms with Crippen LogP contribution in [0.5, 0.6) is 0 Å². The van der Waals surface area contributed by atoms with Crippen LogP contribution in [0.25, 0.3) is 0 Å². The maximum absolute atomic E-state index is 13.5. The summed E-state index contributed by atoms with van der Waals surface area (Å²) >= 11 is 0. The highest BCUT2D eigenvalue weighted by molar-refractivity contribution is 5.91. The van der Waals surface area contributed by atoms with Gasteiger partial charge in [-0.25, -0.2) is 4.68 Å². The van der Waals surface area contributed by atoms with Crippen LogP contribution < -0.4 is 5.43 Å². The predicted molar refractivity (Wildman–Crippen MR) is 65.1 cm³/mol. The van der Waals surface area contributed by atoms with Crippen molar-refractivity contribution in [3.63, 3.8) is 0 Å². The van der Waals surface area contributed by atoms with Crippen molar-refractivity contribution in [2.24, 2.45) is 0 Å². The van der Waals surface area contributed by atoms with Gasteiger partial charge in [0, 0.05) is 0 Å². The first-order valence-electron chi connectivity index (χ1n) is 7.12. The van der Waals surface area contributed by atoms with E-state index in [-0.39, 0.29) is 17.3 Å². The van der Waals surface area contributed by atoms with Gasteiger partial charge < -0.3 is 0 Å². The van der Waals surface area contributed by atoms with Crippen molar-refractivity contribution < 1.29 is 79.4 Å². The Morgan fingerprint density at radius 3 is 1.18 bits per heavy atom. The molecule has 0 aromatic carbocycles. The molecule has 0 unspecified atom stereocenters. The second-order valence-electron chi connectivity index (χ2n) is 5.83. The van der Waals surface area contributed by atoms with Gasteiger partial charge in [0.2, 0.25) is 0 Å². The van der Waals surface area contributed by atoms with E-state index in [1.807, 2.05) is 0 Å². The van der Waals surface area contributed by atoms with Gasteiger partial charge in [-0.3, -0.25) is 10.2 Å². The van der Waals surface area contributed by atoms with Gasteiger partial charge in [-0.15, -0.1) is 10.2 Å². The summed E-state index contributed by atoms with van der Waals surface area (Å²) in [6.07, 6.45) is -7.46. The van der Waals surface area contributed by atoms with E-state index >= 15 is 0 Å². The first-order chi connectivity index (χ1) is 14.2. The van der Waals surface area contributed by atoms with Gasteiger partial charge in [0.1, 0.15) is 12.7 Å². The fourth-order valence-corrected chi connectivity index (χ4v) is 1.75. The average molecular weight is 530 g/mol. The summed E-state index contributed by atoms with van der Waals surface area (Å²) in [5.41, 5.74) is 0.545. The Bertz CT molecular complexity index is 859. The summed E-state index contributed by atoms with van der Waals surface area (Å²) in [4.78, 5) is 11.1. The van der Waals surface area contributed by atoms with Crippen molar-refractivity contribution >= 4 is 5.91 Å². The number of amides is 1. The first-order valence-corrected chi connectivity index (χ1v) is 7.12. The average Bonchev–Trinajstić information content (AvgIpc) is 3.12. The fourth-order valence-electron chi connectivity index (χ4n) is 1.75. The van der Waals surface area contributed by atoms with E-state index in [9.17, 15) is 79.4 Å². The summed E-state index contributed by atoms with van der Waals surface area (Å²) in [5.74, 6) is -61.9. The fraction of sp³-hybridized carbons (Fsp3) is 0.727. The number of nitrogens with one attached hydrogen (secondary N) is 1. The maximum Gasteiger partial charge on any atom is 0.460 e. The standard InChI is InChI=1S/C11H3F17N4O/c12-4(13,3(33)31-32-1-29-30-2-32)5(14,15)6(16,17)7(18,19)8(20,21)9(22,23)10(24,25)11(26,27)28/h1-2H,(H,31,33). The molecular formula is C11H3F17N4O. The zero-order valence-electron chi connectivity index (χ0n) is 14.3. The number of alkyl halides is 17. The number of hydrogen-bond acceptors (Lipinski definition) is 3. The smallest absolute Gasteiger partial charge is 0.266 e. The third-order valence-electron chi connectivity index (χ3n) is 3.66. The molecule has 1 rings (SSSR count). The monoisotopic (exact) mass is 530 g/mol. The number of rotatable bonds is 8. The Labute approximate surface area is 167 Å². The van der Waals surface area contributed by atoms with Crippen LogP contribution >= 0.6 is 0 Å². The van der Waals surface area contributed by atoms with E-state index in [2.05, 4.69) is 10.2 Å². The molecular weight excluding hydrogens is 527 g/mol. The Morgan fingerprint density at radius 1 is 0.545 bits per heavy atom. The summed E-state index contributed by atoms with van der Waals surface area (Å²) in [6, 6.07) is 0. The third kappa shape index (κ3) is 3.69. The highest BCUT2D eigenvalue weighted by Crippen LogP contribution is 2.63. The molecule has 0 spiro atoms. The SMILES string of the molecule is O=C(Nn1cnnc1)C(F)(F)C(F)(F)C(F)(F)C(F)(F)C(F)(F)C(F)(F)C(F)(F)C(F)(F)F. The predicted octanol–water partition coefficient (Wildman–Crippen LogP) is 4.36. The van der Waals surface area contributed by atoms with Gasteiger partial charge in [-0.1, -0.05) is 0 Å². The van der Waals surface area contributed by atoms with E-state index in [4.69, 9.17) is 0 Å². The minimum absolute atomic E-state index is 0.187. The first kappa shape index (κ1) is 28.5. The van der Waals surface area contributed by atoms with E-state index in [0.717, 1.165) is 0 Å². The van der Waals surface area contributed by atoms with Crippen LogP contribution in [0.3, 0.4) is 0 Å². The summed E-state index contributed by atoms with van der Waals surface area (Å²) in [7, 11) is 0. The zero-order valence-corrected chi connectivity index (χ0v) is 14.3. The molecule has 33 heavy (non-hydrogen) atoms. The van der Waals surface area contributed by atoms with Crippen LogP contribution in [-0.2, 0) is 4.79 Å². The topological polar surface area (TPSA) is 59.8 Å². The highest BCUT2D eigenvalue weighted by Gasteiger charge is 2.95. The van der Waals surface area contributed by atoms with Crippen LogP contribution in [0.15, 0.2) is 12.7 Å². The van der Waals surface area contributed by atoms with Gasteiger partial charge in [0.25, 0.3) is 0 Å². The number of carbonyl (C=O) groups excluding carboxylic acids is 1. The number of carbonyl (C=O) groups is 1. The summed E-state index contributed by atoms with van der Waals surface area (Å²) in [5, 5.41) is 5.52. The van der Waals surface area contributed by atoms with Gasteiger partial charge in [0.15, 0.2) is 0 Å². The van der Waals surface area contributed by atoms with E-state index < -0.39 is 53.5 Å². The highest BCUT2D eigenvalue weighted by atomic mass is 19.4. The Hall–Kier alpha value is -2.58. The molecule has 0 atom stereocenters. The van der Waals surface area contributed by atoms with Crippen molar-refractivity contribution in [2.45, 2.75) is 47.6 Å². The third-order valence-corrected chi connectivity index (χ3v) is 3.66. The molecule has 0 bridgehead atoms. The lowest BCUT2D eigenvalue weighted by Gasteiger charge is -2.42. The summed E-state index contributed by atoms with van der Waals surface area (Å²) < 4.78 is 221. The molecule has 1 heterocycles. The molecule has 5 nitrogen and oxygen atoms in total. The van der Waals surface area contributed by atoms with Crippen LogP contribution in [0.4, 0.5) is 74.6 Å². The minimum Gasteiger partial charge on any atom is -0.266 e. The zero-order chi connectivity index (χ0) is 26.7. The van der Waals surface area contributed by atoms with Gasteiger partial charge in [-0.05, 0) is 0 Å². The van der Waals surface area contributed by atoms with Crippen LogP contribution in [0.1, 0.15) is 0 Å². The second-order valence-corrected chi connectivity index (χ2v) is 5.83. The van der Waals surface area contributed by atoms with Gasteiger partial charge >= 0.3 is 53.5 Å². The Balaban J connectivity index is 3.57. The maximum atomic E-state index is 13.5. The van der Waals surface area contributed by atoms with Crippen LogP contribution in [-0.4, -0.2) is 68.4 Å². The molecule has 1 aromatic rings. The van der Waals surface area contributed by atoms with Crippen molar-refractivity contribution in [3.8, 4) is 0 Å². The lowest BCUT2D eigenvalue weighted by Crippen LogP contribution is -2.75. The van der Waals surface area contributed by atoms with E-state index in [0.29, 0.717) is 5.43 Å². The van der Waals surface area contributed by atoms with E-state index in [1.54, 1.807) is 0 Å². The molecule has 0 saturated carbocycles. The van der Waals surface area contributed by atoms with Gasteiger partial charge in [0.05, 0.1) is 0 Å². The lowest BCUT2D eigenvalue weighted by atomic mass is 9.89. The molecule has 192 valence electrons. The lowest BCUT2D eigenvalue weighted by molar-refractivity contribution is -0.459. The van der Waals surface area contributed by atoms with Crippen molar-refractivity contribution in [1.29, 1.82) is 0 Å². The van der Waals surface area contributed by atoms with E-state index in [1.165, 1.54) is 0 Å². The molecule has 0 aliphatic carbocycles. The Morgan fingerprint density at radius 2 is 0.848 bits per heavy atom. The number of hydrogen-bond donors (Lipinski definition) is 1. The minimum atomic E-state index is -8.76. The molecule has 0 aliphatic heterocycles. The molecule has 22 heteroatoms. The molecule has 1 amide bonds. The number of nitrogens with zero attached hydrogens (tertiary/aromatic N) is 3. The molecule has 0 radical (unpaired) electrons. The second kappa shape index (κ2) is 7.46. The molecule has 0 aliphatic rings. The van der Waals surface area contributed by atoms with Crippen molar-refractivity contribution in [3.05, 3.63) is 12.7 Å². The molecule has 0 fully saturated rings. The molecule has 1 N–H and O–H groups in total. The van der Waals surface area contributed by atoms with Gasteiger partial charge in [-0.2, -0.15) is 74.6 Å².